The molecule has 1 aliphatic heterocycles. The van der Waals surface area contributed by atoms with Crippen LogP contribution in [0.15, 0.2) is 48.5 Å². The van der Waals surface area contributed by atoms with Crippen molar-refractivity contribution in [2.75, 3.05) is 23.7 Å². The van der Waals surface area contributed by atoms with Crippen LogP contribution in [0.25, 0.3) is 0 Å². The van der Waals surface area contributed by atoms with Crippen molar-refractivity contribution in [1.29, 1.82) is 0 Å². The van der Waals surface area contributed by atoms with Gasteiger partial charge in [0.25, 0.3) is 5.91 Å². The predicted molar refractivity (Wildman–Crippen MR) is 108 cm³/mol. The molecular weight excluding hydrogens is 356 g/mol. The van der Waals surface area contributed by atoms with Gasteiger partial charge in [-0.3, -0.25) is 14.4 Å². The zero-order chi connectivity index (χ0) is 19.9. The Kier molecular flexibility index (Phi) is 6.39. The molecule has 0 radical (unpaired) electrons. The smallest absolute Gasteiger partial charge is 0.253 e. The number of amides is 3. The second-order valence-corrected chi connectivity index (χ2v) is 6.72. The van der Waals surface area contributed by atoms with E-state index in [4.69, 9.17) is 5.73 Å². The van der Waals surface area contributed by atoms with Gasteiger partial charge in [-0.25, -0.2) is 0 Å². The Balaban J connectivity index is 1.58. The van der Waals surface area contributed by atoms with E-state index in [2.05, 4.69) is 16.0 Å². The summed E-state index contributed by atoms with van der Waals surface area (Å²) in [7, 11) is 0. The lowest BCUT2D eigenvalue weighted by atomic mass is 9.89. The zero-order valence-corrected chi connectivity index (χ0v) is 15.5. The number of fused-ring (bicyclic) bond motifs is 1. The van der Waals surface area contributed by atoms with Crippen LogP contribution in [-0.4, -0.2) is 30.8 Å². The van der Waals surface area contributed by atoms with E-state index in [1.165, 1.54) is 0 Å². The molecule has 1 atom stereocenters. The van der Waals surface area contributed by atoms with E-state index in [0.717, 1.165) is 11.3 Å². The molecular formula is C21H24N4O3. The molecule has 28 heavy (non-hydrogen) atoms. The van der Waals surface area contributed by atoms with Gasteiger partial charge in [0.05, 0.1) is 11.3 Å². The zero-order valence-electron chi connectivity index (χ0n) is 15.5. The largest absolute Gasteiger partial charge is 0.351 e. The van der Waals surface area contributed by atoms with E-state index < -0.39 is 0 Å². The normalized spacial score (nSPS) is 15.3. The number of anilines is 2. The van der Waals surface area contributed by atoms with Crippen molar-refractivity contribution in [3.05, 3.63) is 59.7 Å². The van der Waals surface area contributed by atoms with Gasteiger partial charge in [-0.05, 0) is 36.6 Å². The Morgan fingerprint density at radius 2 is 1.86 bits per heavy atom. The molecule has 0 aromatic heterocycles. The van der Waals surface area contributed by atoms with Crippen molar-refractivity contribution >= 4 is 29.1 Å². The highest BCUT2D eigenvalue weighted by Crippen LogP contribution is 2.27. The van der Waals surface area contributed by atoms with Gasteiger partial charge in [-0.15, -0.1) is 0 Å². The lowest BCUT2D eigenvalue weighted by Gasteiger charge is -2.24. The molecule has 7 nitrogen and oxygen atoms in total. The van der Waals surface area contributed by atoms with Crippen molar-refractivity contribution < 1.29 is 14.4 Å². The molecule has 0 spiro atoms. The number of carbonyl (C=O) groups excluding carboxylic acids is 3. The SMILES string of the molecule is NCCNC(=O)c1ccccc1NC(=O)CCC1Cc2ccccc2NC1=O. The van der Waals surface area contributed by atoms with Gasteiger partial charge in [0, 0.05) is 31.1 Å². The molecule has 1 aliphatic rings. The Bertz CT molecular complexity index is 881. The average Bonchev–Trinajstić information content (AvgIpc) is 2.70. The van der Waals surface area contributed by atoms with E-state index in [-0.39, 0.29) is 30.1 Å². The summed E-state index contributed by atoms with van der Waals surface area (Å²) >= 11 is 0. The van der Waals surface area contributed by atoms with Gasteiger partial charge in [0.2, 0.25) is 11.8 Å². The first kappa shape index (κ1) is 19.6. The molecule has 146 valence electrons. The van der Waals surface area contributed by atoms with Gasteiger partial charge in [-0.2, -0.15) is 0 Å². The number of hydrogen-bond donors (Lipinski definition) is 4. The first-order chi connectivity index (χ1) is 13.6. The van der Waals surface area contributed by atoms with Gasteiger partial charge in [0.15, 0.2) is 0 Å². The van der Waals surface area contributed by atoms with Gasteiger partial charge < -0.3 is 21.7 Å². The van der Waals surface area contributed by atoms with Crippen molar-refractivity contribution in [2.24, 2.45) is 11.7 Å². The Morgan fingerprint density at radius 3 is 2.68 bits per heavy atom. The van der Waals surface area contributed by atoms with Crippen molar-refractivity contribution in [2.45, 2.75) is 19.3 Å². The highest BCUT2D eigenvalue weighted by molar-refractivity contribution is 6.04. The minimum Gasteiger partial charge on any atom is -0.351 e. The molecule has 5 N–H and O–H groups in total. The van der Waals surface area contributed by atoms with Crippen LogP contribution in [0.3, 0.4) is 0 Å². The summed E-state index contributed by atoms with van der Waals surface area (Å²) in [4.78, 5) is 36.9. The molecule has 0 saturated carbocycles. The first-order valence-electron chi connectivity index (χ1n) is 9.34. The fourth-order valence-corrected chi connectivity index (χ4v) is 3.24. The lowest BCUT2D eigenvalue weighted by molar-refractivity contribution is -0.121. The van der Waals surface area contributed by atoms with Crippen molar-refractivity contribution in [1.82, 2.24) is 5.32 Å². The van der Waals surface area contributed by atoms with Gasteiger partial charge in [-0.1, -0.05) is 30.3 Å². The summed E-state index contributed by atoms with van der Waals surface area (Å²) in [5.74, 6) is -0.827. The third-order valence-corrected chi connectivity index (χ3v) is 4.71. The molecule has 1 heterocycles. The molecule has 2 aromatic rings. The Morgan fingerprint density at radius 1 is 1.11 bits per heavy atom. The monoisotopic (exact) mass is 380 g/mol. The van der Waals surface area contributed by atoms with Crippen LogP contribution >= 0.6 is 0 Å². The third kappa shape index (κ3) is 4.75. The second-order valence-electron chi connectivity index (χ2n) is 6.72. The van der Waals surface area contributed by atoms with E-state index in [9.17, 15) is 14.4 Å². The number of nitrogens with two attached hydrogens (primary N) is 1. The number of rotatable bonds is 7. The average molecular weight is 380 g/mol. The van der Waals surface area contributed by atoms with Crippen molar-refractivity contribution in [3.63, 3.8) is 0 Å². The summed E-state index contributed by atoms with van der Waals surface area (Å²) in [5, 5.41) is 8.36. The predicted octanol–water partition coefficient (Wildman–Crippen LogP) is 1.90. The number of carbonyl (C=O) groups is 3. The third-order valence-electron chi connectivity index (χ3n) is 4.71. The maximum Gasteiger partial charge on any atom is 0.253 e. The number of hydrogen-bond acceptors (Lipinski definition) is 4. The maximum atomic E-state index is 12.4. The van der Waals surface area contributed by atoms with Gasteiger partial charge >= 0.3 is 0 Å². The topological polar surface area (TPSA) is 113 Å². The minimum atomic E-state index is -0.287. The summed E-state index contributed by atoms with van der Waals surface area (Å²) in [6.45, 7) is 0.701. The summed E-state index contributed by atoms with van der Waals surface area (Å²) in [6.07, 6.45) is 1.25. The molecule has 3 amide bonds. The second kappa shape index (κ2) is 9.14. The van der Waals surface area contributed by atoms with E-state index in [1.807, 2.05) is 24.3 Å². The molecule has 0 aliphatic carbocycles. The molecule has 2 aromatic carbocycles. The minimum absolute atomic E-state index is 0.0620. The van der Waals surface area contributed by atoms with Crippen LogP contribution in [0, 0.1) is 5.92 Å². The van der Waals surface area contributed by atoms with Crippen molar-refractivity contribution in [3.8, 4) is 0 Å². The van der Waals surface area contributed by atoms with E-state index in [0.29, 0.717) is 37.2 Å². The molecule has 1 unspecified atom stereocenters. The Labute approximate surface area is 163 Å². The van der Waals surface area contributed by atoms with Crippen LogP contribution in [-0.2, 0) is 16.0 Å². The van der Waals surface area contributed by atoms with E-state index in [1.54, 1.807) is 24.3 Å². The lowest BCUT2D eigenvalue weighted by Crippen LogP contribution is -2.31. The van der Waals surface area contributed by atoms with Crippen LogP contribution in [0.4, 0.5) is 11.4 Å². The van der Waals surface area contributed by atoms with Crippen LogP contribution < -0.4 is 21.7 Å². The van der Waals surface area contributed by atoms with E-state index >= 15 is 0 Å². The van der Waals surface area contributed by atoms with Crippen LogP contribution in [0.5, 0.6) is 0 Å². The molecule has 0 saturated heterocycles. The van der Waals surface area contributed by atoms with Crippen LogP contribution in [0.1, 0.15) is 28.8 Å². The summed E-state index contributed by atoms with van der Waals surface area (Å²) in [6, 6.07) is 14.5. The molecule has 0 fully saturated rings. The highest BCUT2D eigenvalue weighted by Gasteiger charge is 2.26. The number of para-hydroxylation sites is 2. The first-order valence-corrected chi connectivity index (χ1v) is 9.34. The fourth-order valence-electron chi connectivity index (χ4n) is 3.24. The molecule has 7 heteroatoms. The number of nitrogens with one attached hydrogen (secondary N) is 3. The highest BCUT2D eigenvalue weighted by atomic mass is 16.2. The summed E-state index contributed by atoms with van der Waals surface area (Å²) in [5.41, 5.74) is 8.15. The maximum absolute atomic E-state index is 12.4. The fraction of sp³-hybridized carbons (Fsp3) is 0.286. The summed E-state index contributed by atoms with van der Waals surface area (Å²) < 4.78 is 0. The molecule has 0 bridgehead atoms. The molecule has 3 rings (SSSR count). The quantitative estimate of drug-likeness (QED) is 0.587. The Hall–Kier alpha value is -3.19. The van der Waals surface area contributed by atoms with Gasteiger partial charge in [0.1, 0.15) is 0 Å². The standard InChI is InChI=1S/C21H24N4O3/c22-11-12-23-21(28)16-6-2-4-8-18(16)24-19(26)10-9-15-13-14-5-1-3-7-17(14)25-20(15)27/h1-8,15H,9-13,22H2,(H,23,28)(H,24,26)(H,25,27). The van der Waals surface area contributed by atoms with Crippen LogP contribution in [0.2, 0.25) is 0 Å². The number of benzene rings is 2.